The second-order valence-corrected chi connectivity index (χ2v) is 6.47. The summed E-state index contributed by atoms with van der Waals surface area (Å²) in [5.74, 6) is 0.615. The fourth-order valence-electron chi connectivity index (χ4n) is 1.50. The number of aromatic nitrogens is 2. The maximum absolute atomic E-state index is 12.1. The monoisotopic (exact) mass is 305 g/mol. The molecule has 4 nitrogen and oxygen atoms in total. The molecule has 0 atom stereocenters. The molecule has 2 rings (SSSR count). The number of nitrogens with one attached hydrogen (secondary N) is 1. The van der Waals surface area contributed by atoms with E-state index in [1.807, 2.05) is 32.0 Å². The van der Waals surface area contributed by atoms with E-state index in [1.54, 1.807) is 17.8 Å². The Morgan fingerprint density at radius 1 is 1.40 bits per heavy atom. The number of nitrogens with zero attached hydrogens (tertiary/aromatic N) is 2. The topological polar surface area (TPSA) is 54.9 Å². The number of benzene rings is 1. The van der Waals surface area contributed by atoms with Crippen molar-refractivity contribution in [2.45, 2.75) is 18.2 Å². The van der Waals surface area contributed by atoms with Gasteiger partial charge in [-0.1, -0.05) is 35.2 Å². The number of hydrogen-bond acceptors (Lipinski definition) is 5. The van der Waals surface area contributed by atoms with Gasteiger partial charge in [0.25, 0.3) is 5.91 Å². The first-order valence-corrected chi connectivity index (χ1v) is 7.86. The maximum Gasteiger partial charge on any atom is 0.257 e. The Labute approximate surface area is 126 Å². The van der Waals surface area contributed by atoms with Crippen molar-refractivity contribution in [3.05, 3.63) is 47.5 Å². The third kappa shape index (κ3) is 3.68. The highest BCUT2D eigenvalue weighted by atomic mass is 32.2. The molecule has 1 aromatic carbocycles. The molecule has 0 aliphatic rings. The summed E-state index contributed by atoms with van der Waals surface area (Å²) in [7, 11) is 0. The van der Waals surface area contributed by atoms with Crippen LogP contribution in [0.15, 0.2) is 35.2 Å². The summed E-state index contributed by atoms with van der Waals surface area (Å²) >= 11 is 2.91. The van der Waals surface area contributed by atoms with Gasteiger partial charge in [0.2, 0.25) is 5.13 Å². The third-order valence-corrected chi connectivity index (χ3v) is 4.69. The van der Waals surface area contributed by atoms with Gasteiger partial charge in [0, 0.05) is 11.3 Å². The molecule has 0 saturated heterocycles. The Hall–Kier alpha value is -1.66. The van der Waals surface area contributed by atoms with E-state index in [1.165, 1.54) is 16.9 Å². The van der Waals surface area contributed by atoms with Crippen molar-refractivity contribution >= 4 is 34.1 Å². The molecule has 1 amide bonds. The first kappa shape index (κ1) is 14.7. The molecule has 20 heavy (non-hydrogen) atoms. The first-order valence-electron chi connectivity index (χ1n) is 6.06. The maximum atomic E-state index is 12.1. The smallest absolute Gasteiger partial charge is 0.257 e. The fourth-order valence-corrected chi connectivity index (χ4v) is 3.01. The average Bonchev–Trinajstić information content (AvgIpc) is 2.87. The molecule has 1 aromatic heterocycles. The van der Waals surface area contributed by atoms with E-state index in [0.717, 1.165) is 15.7 Å². The van der Waals surface area contributed by atoms with Crippen LogP contribution in [0.4, 0.5) is 5.13 Å². The van der Waals surface area contributed by atoms with Crippen LogP contribution in [0.25, 0.3) is 0 Å². The number of carbonyl (C=O) groups is 1. The second-order valence-electron chi connectivity index (χ2n) is 4.23. The Morgan fingerprint density at radius 3 is 2.90 bits per heavy atom. The van der Waals surface area contributed by atoms with E-state index in [4.69, 9.17) is 0 Å². The summed E-state index contributed by atoms with van der Waals surface area (Å²) in [5, 5.41) is 11.2. The summed E-state index contributed by atoms with van der Waals surface area (Å²) in [4.78, 5) is 12.1. The lowest BCUT2D eigenvalue weighted by atomic mass is 10.1. The lowest BCUT2D eigenvalue weighted by Crippen LogP contribution is -2.12. The lowest BCUT2D eigenvalue weighted by molar-refractivity contribution is 0.102. The van der Waals surface area contributed by atoms with Gasteiger partial charge >= 0.3 is 0 Å². The molecule has 0 radical (unpaired) electrons. The van der Waals surface area contributed by atoms with Crippen LogP contribution in [-0.4, -0.2) is 21.9 Å². The van der Waals surface area contributed by atoms with Crippen molar-refractivity contribution in [2.75, 3.05) is 11.1 Å². The van der Waals surface area contributed by atoms with Crippen molar-refractivity contribution in [1.29, 1.82) is 0 Å². The van der Waals surface area contributed by atoms with Gasteiger partial charge in [-0.05, 0) is 37.1 Å². The van der Waals surface area contributed by atoms with E-state index < -0.39 is 0 Å². The summed E-state index contributed by atoms with van der Waals surface area (Å²) < 4.78 is 0.820. The normalized spacial score (nSPS) is 10.3. The minimum atomic E-state index is -0.162. The summed E-state index contributed by atoms with van der Waals surface area (Å²) in [6.45, 7) is 7.66. The predicted molar refractivity (Wildman–Crippen MR) is 84.7 cm³/mol. The second kappa shape index (κ2) is 6.67. The van der Waals surface area contributed by atoms with E-state index in [9.17, 15) is 4.79 Å². The summed E-state index contributed by atoms with van der Waals surface area (Å²) in [5.41, 5.74) is 2.89. The number of thioether (sulfide) groups is 1. The standard InChI is InChI=1S/C14H15N3OS2/c1-4-7-19-14-17-16-13(20-14)15-12(18)11-6-5-9(2)10(3)8-11/h4-6,8H,1,7H2,2-3H3,(H,15,16,18). The Bertz CT molecular complexity index is 637. The molecule has 104 valence electrons. The fraction of sp³-hybridized carbons (Fsp3) is 0.214. The van der Waals surface area contributed by atoms with Crippen molar-refractivity contribution in [2.24, 2.45) is 0 Å². The zero-order valence-corrected chi connectivity index (χ0v) is 13.0. The van der Waals surface area contributed by atoms with Gasteiger partial charge in [0.15, 0.2) is 4.34 Å². The number of amides is 1. The molecular formula is C14H15N3OS2. The Kier molecular flexibility index (Phi) is 4.92. The van der Waals surface area contributed by atoms with Gasteiger partial charge in [-0.3, -0.25) is 10.1 Å². The molecule has 0 aliphatic heterocycles. The largest absolute Gasteiger partial charge is 0.296 e. The van der Waals surface area contributed by atoms with Crippen molar-refractivity contribution in [1.82, 2.24) is 10.2 Å². The van der Waals surface area contributed by atoms with E-state index >= 15 is 0 Å². The average molecular weight is 305 g/mol. The van der Waals surface area contributed by atoms with Crippen molar-refractivity contribution < 1.29 is 4.79 Å². The molecule has 0 fully saturated rings. The molecule has 0 unspecified atom stereocenters. The van der Waals surface area contributed by atoms with E-state index in [0.29, 0.717) is 10.7 Å². The molecule has 6 heteroatoms. The number of carbonyl (C=O) groups excluding carboxylic acids is 1. The molecule has 0 aliphatic carbocycles. The molecule has 0 saturated carbocycles. The highest BCUT2D eigenvalue weighted by Gasteiger charge is 2.10. The molecular weight excluding hydrogens is 290 g/mol. The quantitative estimate of drug-likeness (QED) is 0.520. The molecule has 0 spiro atoms. The van der Waals surface area contributed by atoms with E-state index in [2.05, 4.69) is 22.1 Å². The zero-order valence-electron chi connectivity index (χ0n) is 11.3. The molecule has 1 heterocycles. The van der Waals surface area contributed by atoms with Gasteiger partial charge in [0.1, 0.15) is 0 Å². The number of rotatable bonds is 5. The predicted octanol–water partition coefficient (Wildman–Crippen LogP) is 3.69. The molecule has 2 aromatic rings. The minimum Gasteiger partial charge on any atom is -0.296 e. The number of aryl methyl sites for hydroxylation is 2. The summed E-state index contributed by atoms with van der Waals surface area (Å²) in [6, 6.07) is 5.63. The molecule has 0 bridgehead atoms. The third-order valence-electron chi connectivity index (χ3n) is 2.72. The van der Waals surface area contributed by atoms with Gasteiger partial charge in [0.05, 0.1) is 0 Å². The van der Waals surface area contributed by atoms with Crippen molar-refractivity contribution in [3.63, 3.8) is 0 Å². The minimum absolute atomic E-state index is 0.162. The van der Waals surface area contributed by atoms with Crippen LogP contribution < -0.4 is 5.32 Å². The highest BCUT2D eigenvalue weighted by molar-refractivity contribution is 8.01. The number of anilines is 1. The van der Waals surface area contributed by atoms with Crippen LogP contribution >= 0.6 is 23.1 Å². The van der Waals surface area contributed by atoms with Gasteiger partial charge in [-0.25, -0.2) is 0 Å². The molecule has 1 N–H and O–H groups in total. The van der Waals surface area contributed by atoms with Crippen LogP contribution in [0, 0.1) is 13.8 Å². The SMILES string of the molecule is C=CCSc1nnc(NC(=O)c2ccc(C)c(C)c2)s1. The van der Waals surface area contributed by atoms with Gasteiger partial charge < -0.3 is 0 Å². The summed E-state index contributed by atoms with van der Waals surface area (Å²) in [6.07, 6.45) is 1.80. The Balaban J connectivity index is 2.05. The van der Waals surface area contributed by atoms with Gasteiger partial charge in [-0.2, -0.15) is 0 Å². The zero-order chi connectivity index (χ0) is 14.5. The Morgan fingerprint density at radius 2 is 2.20 bits per heavy atom. The van der Waals surface area contributed by atoms with Crippen molar-refractivity contribution in [3.8, 4) is 0 Å². The van der Waals surface area contributed by atoms with Crippen LogP contribution in [-0.2, 0) is 0 Å². The van der Waals surface area contributed by atoms with Crippen LogP contribution in [0.1, 0.15) is 21.5 Å². The van der Waals surface area contributed by atoms with Crippen LogP contribution in [0.2, 0.25) is 0 Å². The van der Waals surface area contributed by atoms with E-state index in [-0.39, 0.29) is 5.91 Å². The van der Waals surface area contributed by atoms with Crippen LogP contribution in [0.3, 0.4) is 0 Å². The van der Waals surface area contributed by atoms with Crippen LogP contribution in [0.5, 0.6) is 0 Å². The van der Waals surface area contributed by atoms with Gasteiger partial charge in [-0.15, -0.1) is 16.8 Å². The first-order chi connectivity index (χ1) is 9.60. The highest BCUT2D eigenvalue weighted by Crippen LogP contribution is 2.25. The number of hydrogen-bond donors (Lipinski definition) is 1. The lowest BCUT2D eigenvalue weighted by Gasteiger charge is -2.04.